The SMILES string of the molecule is Cc1n[nH]c(C)c1-c1cnc(C[C@H]2CCCN(C(C)C)C2)cn1. The van der Waals surface area contributed by atoms with Gasteiger partial charge in [-0.3, -0.25) is 15.1 Å². The predicted molar refractivity (Wildman–Crippen MR) is 92.2 cm³/mol. The minimum Gasteiger partial charge on any atom is -0.301 e. The second-order valence-electron chi connectivity index (χ2n) is 7.00. The predicted octanol–water partition coefficient (Wildman–Crippen LogP) is 3.15. The van der Waals surface area contributed by atoms with E-state index in [1.54, 1.807) is 0 Å². The summed E-state index contributed by atoms with van der Waals surface area (Å²) in [7, 11) is 0. The molecule has 0 unspecified atom stereocenters. The third kappa shape index (κ3) is 3.61. The molecule has 0 aliphatic carbocycles. The normalized spacial score (nSPS) is 19.4. The molecule has 0 radical (unpaired) electrons. The maximum atomic E-state index is 4.66. The highest BCUT2D eigenvalue weighted by molar-refractivity contribution is 5.63. The van der Waals surface area contributed by atoms with Gasteiger partial charge in [-0.15, -0.1) is 0 Å². The number of hydrogen-bond acceptors (Lipinski definition) is 4. The quantitative estimate of drug-likeness (QED) is 0.942. The summed E-state index contributed by atoms with van der Waals surface area (Å²) in [4.78, 5) is 11.9. The zero-order chi connectivity index (χ0) is 16.4. The van der Waals surface area contributed by atoms with Crippen LogP contribution in [0.5, 0.6) is 0 Å². The second kappa shape index (κ2) is 6.79. The first-order chi connectivity index (χ1) is 11.0. The number of aromatic amines is 1. The largest absolute Gasteiger partial charge is 0.301 e. The number of hydrogen-bond donors (Lipinski definition) is 1. The highest BCUT2D eigenvalue weighted by Gasteiger charge is 2.22. The summed E-state index contributed by atoms with van der Waals surface area (Å²) in [5.41, 5.74) is 5.11. The first-order valence-electron chi connectivity index (χ1n) is 8.61. The van der Waals surface area contributed by atoms with Gasteiger partial charge >= 0.3 is 0 Å². The van der Waals surface area contributed by atoms with Crippen molar-refractivity contribution in [2.75, 3.05) is 13.1 Å². The van der Waals surface area contributed by atoms with Crippen LogP contribution in [0.4, 0.5) is 0 Å². The molecule has 3 rings (SSSR count). The number of piperidine rings is 1. The summed E-state index contributed by atoms with van der Waals surface area (Å²) < 4.78 is 0. The van der Waals surface area contributed by atoms with E-state index in [1.807, 2.05) is 26.2 Å². The number of aryl methyl sites for hydroxylation is 2. The lowest BCUT2D eigenvalue weighted by Gasteiger charge is -2.35. The summed E-state index contributed by atoms with van der Waals surface area (Å²) in [5, 5.41) is 7.24. The van der Waals surface area contributed by atoms with Crippen LogP contribution >= 0.6 is 0 Å². The van der Waals surface area contributed by atoms with Crippen LogP contribution in [-0.2, 0) is 6.42 Å². The van der Waals surface area contributed by atoms with Gasteiger partial charge in [0.25, 0.3) is 0 Å². The molecule has 1 N–H and O–H groups in total. The Morgan fingerprint density at radius 1 is 1.26 bits per heavy atom. The van der Waals surface area contributed by atoms with Gasteiger partial charge in [0, 0.05) is 30.0 Å². The van der Waals surface area contributed by atoms with Gasteiger partial charge in [-0.2, -0.15) is 5.10 Å². The van der Waals surface area contributed by atoms with Gasteiger partial charge in [-0.05, 0) is 59.4 Å². The van der Waals surface area contributed by atoms with E-state index >= 15 is 0 Å². The van der Waals surface area contributed by atoms with Crippen molar-refractivity contribution in [3.63, 3.8) is 0 Å². The Morgan fingerprint density at radius 2 is 2.09 bits per heavy atom. The number of likely N-dealkylation sites (tertiary alicyclic amines) is 1. The molecule has 5 nitrogen and oxygen atoms in total. The Morgan fingerprint density at radius 3 is 2.70 bits per heavy atom. The standard InChI is InChI=1S/C18H27N5/c1-12(2)23-7-5-6-15(11-23)8-16-9-20-17(10-19-16)18-13(3)21-22-14(18)4/h9-10,12,15H,5-8,11H2,1-4H3,(H,21,22)/t15-/m1/s1. The van der Waals surface area contributed by atoms with E-state index in [-0.39, 0.29) is 0 Å². The molecule has 3 heterocycles. The fourth-order valence-corrected chi connectivity index (χ4v) is 3.55. The van der Waals surface area contributed by atoms with E-state index in [0.29, 0.717) is 12.0 Å². The van der Waals surface area contributed by atoms with Crippen molar-refractivity contribution in [1.29, 1.82) is 0 Å². The van der Waals surface area contributed by atoms with Crippen LogP contribution in [0.25, 0.3) is 11.3 Å². The fraction of sp³-hybridized carbons (Fsp3) is 0.611. The van der Waals surface area contributed by atoms with Crippen LogP contribution in [0.2, 0.25) is 0 Å². The highest BCUT2D eigenvalue weighted by atomic mass is 15.2. The average molecular weight is 313 g/mol. The van der Waals surface area contributed by atoms with Crippen molar-refractivity contribution in [3.8, 4) is 11.3 Å². The van der Waals surface area contributed by atoms with Gasteiger partial charge in [0.15, 0.2) is 0 Å². The fourth-order valence-electron chi connectivity index (χ4n) is 3.55. The molecule has 0 saturated carbocycles. The molecular weight excluding hydrogens is 286 g/mol. The van der Waals surface area contributed by atoms with Crippen molar-refractivity contribution in [3.05, 3.63) is 29.5 Å². The summed E-state index contributed by atoms with van der Waals surface area (Å²) >= 11 is 0. The van der Waals surface area contributed by atoms with Crippen molar-refractivity contribution in [2.45, 2.75) is 53.0 Å². The molecule has 0 spiro atoms. The van der Waals surface area contributed by atoms with E-state index in [9.17, 15) is 0 Å². The summed E-state index contributed by atoms with van der Waals surface area (Å²) in [6.45, 7) is 11.0. The maximum Gasteiger partial charge on any atom is 0.0922 e. The summed E-state index contributed by atoms with van der Waals surface area (Å²) in [5.74, 6) is 0.698. The van der Waals surface area contributed by atoms with Gasteiger partial charge in [-0.25, -0.2) is 0 Å². The van der Waals surface area contributed by atoms with Gasteiger partial charge in [0.1, 0.15) is 0 Å². The molecule has 0 aromatic carbocycles. The minimum absolute atomic E-state index is 0.637. The second-order valence-corrected chi connectivity index (χ2v) is 7.00. The Bertz CT molecular complexity index is 624. The van der Waals surface area contributed by atoms with Crippen LogP contribution < -0.4 is 0 Å². The smallest absolute Gasteiger partial charge is 0.0922 e. The maximum absolute atomic E-state index is 4.66. The van der Waals surface area contributed by atoms with E-state index in [4.69, 9.17) is 0 Å². The van der Waals surface area contributed by atoms with Crippen LogP contribution in [0.15, 0.2) is 12.4 Å². The van der Waals surface area contributed by atoms with Gasteiger partial charge < -0.3 is 4.90 Å². The molecule has 1 aliphatic heterocycles. The number of nitrogens with one attached hydrogen (secondary N) is 1. The van der Waals surface area contributed by atoms with Crippen molar-refractivity contribution >= 4 is 0 Å². The molecule has 2 aromatic heterocycles. The van der Waals surface area contributed by atoms with Crippen LogP contribution in [-0.4, -0.2) is 44.2 Å². The average Bonchev–Trinajstić information content (AvgIpc) is 2.87. The molecular formula is C18H27N5. The monoisotopic (exact) mass is 313 g/mol. The Balaban J connectivity index is 1.68. The van der Waals surface area contributed by atoms with E-state index in [1.165, 1.54) is 25.9 Å². The van der Waals surface area contributed by atoms with Crippen LogP contribution in [0.1, 0.15) is 43.8 Å². The summed E-state index contributed by atoms with van der Waals surface area (Å²) in [6.07, 6.45) is 7.45. The number of nitrogens with zero attached hydrogens (tertiary/aromatic N) is 4. The summed E-state index contributed by atoms with van der Waals surface area (Å²) in [6, 6.07) is 0.637. The molecule has 1 atom stereocenters. The molecule has 2 aromatic rings. The number of H-pyrrole nitrogens is 1. The molecule has 5 heteroatoms. The molecule has 1 aliphatic rings. The minimum atomic E-state index is 0.637. The van der Waals surface area contributed by atoms with Crippen molar-refractivity contribution in [2.24, 2.45) is 5.92 Å². The zero-order valence-corrected chi connectivity index (χ0v) is 14.6. The molecule has 0 bridgehead atoms. The molecule has 124 valence electrons. The Kier molecular flexibility index (Phi) is 4.76. The molecule has 0 amide bonds. The van der Waals surface area contributed by atoms with E-state index < -0.39 is 0 Å². The van der Waals surface area contributed by atoms with Crippen LogP contribution in [0.3, 0.4) is 0 Å². The highest BCUT2D eigenvalue weighted by Crippen LogP contribution is 2.24. The topological polar surface area (TPSA) is 57.7 Å². The van der Waals surface area contributed by atoms with Gasteiger partial charge in [-0.1, -0.05) is 0 Å². The van der Waals surface area contributed by atoms with Crippen molar-refractivity contribution in [1.82, 2.24) is 25.1 Å². The van der Waals surface area contributed by atoms with Gasteiger partial charge in [0.05, 0.1) is 23.3 Å². The molecule has 1 saturated heterocycles. The van der Waals surface area contributed by atoms with E-state index in [0.717, 1.165) is 34.8 Å². The third-order valence-corrected chi connectivity index (χ3v) is 4.87. The number of rotatable bonds is 4. The Hall–Kier alpha value is -1.75. The van der Waals surface area contributed by atoms with E-state index in [2.05, 4.69) is 38.9 Å². The zero-order valence-electron chi connectivity index (χ0n) is 14.6. The lowest BCUT2D eigenvalue weighted by atomic mass is 9.93. The third-order valence-electron chi connectivity index (χ3n) is 4.87. The lowest BCUT2D eigenvalue weighted by Crippen LogP contribution is -2.40. The van der Waals surface area contributed by atoms with Gasteiger partial charge in [0.2, 0.25) is 0 Å². The molecule has 1 fully saturated rings. The Labute approximate surface area is 138 Å². The van der Waals surface area contributed by atoms with Crippen LogP contribution in [0, 0.1) is 19.8 Å². The first-order valence-corrected chi connectivity index (χ1v) is 8.61. The lowest BCUT2D eigenvalue weighted by molar-refractivity contribution is 0.139. The number of aromatic nitrogens is 4. The van der Waals surface area contributed by atoms with Crippen molar-refractivity contribution < 1.29 is 0 Å². The molecule has 23 heavy (non-hydrogen) atoms. The first kappa shape index (κ1) is 16.1.